The Morgan fingerprint density at radius 2 is 2.10 bits per heavy atom. The van der Waals surface area contributed by atoms with Gasteiger partial charge in [0, 0.05) is 26.3 Å². The Kier molecular flexibility index (Phi) is 4.19. The molecule has 1 spiro atoms. The third kappa shape index (κ3) is 3.02. The number of likely N-dealkylation sites (tertiary alicyclic amines) is 1. The highest BCUT2D eigenvalue weighted by atomic mass is 16.5. The van der Waals surface area contributed by atoms with E-state index in [2.05, 4.69) is 10.2 Å². The summed E-state index contributed by atoms with van der Waals surface area (Å²) >= 11 is 0. The molecule has 10 nitrogen and oxygen atoms in total. The van der Waals surface area contributed by atoms with Crippen LogP contribution in [0.3, 0.4) is 0 Å². The summed E-state index contributed by atoms with van der Waals surface area (Å²) in [5, 5.41) is 8.46. The maximum atomic E-state index is 12.8. The molecular formula is C19H24N6O4. The molecule has 2 aliphatic heterocycles. The van der Waals surface area contributed by atoms with Crippen LogP contribution in [0.15, 0.2) is 21.9 Å². The van der Waals surface area contributed by atoms with Crippen LogP contribution in [0.1, 0.15) is 42.0 Å². The van der Waals surface area contributed by atoms with Crippen molar-refractivity contribution in [2.45, 2.75) is 51.0 Å². The predicted molar refractivity (Wildman–Crippen MR) is 101 cm³/mol. The van der Waals surface area contributed by atoms with E-state index in [1.54, 1.807) is 28.9 Å². The Morgan fingerprint density at radius 1 is 1.28 bits per heavy atom. The third-order valence-corrected chi connectivity index (χ3v) is 6.46. The summed E-state index contributed by atoms with van der Waals surface area (Å²) in [5.41, 5.74) is -1.28. The molecule has 0 aromatic carbocycles. The van der Waals surface area contributed by atoms with Gasteiger partial charge in [0.1, 0.15) is 17.9 Å². The van der Waals surface area contributed by atoms with Crippen LogP contribution in [0.25, 0.3) is 0 Å². The molecule has 29 heavy (non-hydrogen) atoms. The Morgan fingerprint density at radius 3 is 2.79 bits per heavy atom. The van der Waals surface area contributed by atoms with Crippen molar-refractivity contribution < 1.29 is 9.53 Å². The molecule has 2 aromatic rings. The van der Waals surface area contributed by atoms with Crippen molar-refractivity contribution in [1.29, 1.82) is 0 Å². The summed E-state index contributed by atoms with van der Waals surface area (Å²) in [6.45, 7) is 1.80. The van der Waals surface area contributed by atoms with Crippen molar-refractivity contribution in [3.8, 4) is 0 Å². The summed E-state index contributed by atoms with van der Waals surface area (Å²) in [6.07, 6.45) is 5.52. The Hall–Kier alpha value is -2.75. The standard InChI is InChI=1S/C19H24N6O4/c1-22-14(5-7-20-22)16(26)23-8-6-19(11-23)12-24-15(10-29-19)21-25(18(28)17(24)27)9-13-3-2-4-13/h5,7,13H,2-4,6,8-12H2,1H3. The van der Waals surface area contributed by atoms with Crippen LogP contribution in [0.4, 0.5) is 0 Å². The normalized spacial score (nSPS) is 24.0. The molecule has 1 saturated carbocycles. The van der Waals surface area contributed by atoms with Gasteiger partial charge < -0.3 is 9.64 Å². The first kappa shape index (κ1) is 18.3. The monoisotopic (exact) mass is 400 g/mol. The summed E-state index contributed by atoms with van der Waals surface area (Å²) in [4.78, 5) is 39.8. The van der Waals surface area contributed by atoms with E-state index in [0.29, 0.717) is 43.5 Å². The third-order valence-electron chi connectivity index (χ3n) is 6.46. The molecule has 154 valence electrons. The Balaban J connectivity index is 1.38. The maximum Gasteiger partial charge on any atom is 0.332 e. The van der Waals surface area contributed by atoms with Gasteiger partial charge in [-0.25, -0.2) is 4.68 Å². The van der Waals surface area contributed by atoms with Gasteiger partial charge in [-0.2, -0.15) is 10.2 Å². The Labute approximate surface area is 166 Å². The average molecular weight is 400 g/mol. The SMILES string of the molecule is Cn1nccc1C(=O)N1CCC2(C1)Cn1c(nn(CC3CCC3)c(=O)c1=O)CO2. The fraction of sp³-hybridized carbons (Fsp3) is 0.632. The molecule has 1 atom stereocenters. The van der Waals surface area contributed by atoms with Gasteiger partial charge in [0.25, 0.3) is 5.91 Å². The van der Waals surface area contributed by atoms with Crippen LogP contribution in [0, 0.1) is 5.92 Å². The van der Waals surface area contributed by atoms with E-state index in [-0.39, 0.29) is 19.1 Å². The van der Waals surface area contributed by atoms with Gasteiger partial charge in [-0.3, -0.25) is 23.6 Å². The number of fused-ring (bicyclic) bond motifs is 1. The van der Waals surface area contributed by atoms with Gasteiger partial charge >= 0.3 is 11.1 Å². The fourth-order valence-corrected chi connectivity index (χ4v) is 4.46. The number of nitrogens with zero attached hydrogens (tertiary/aromatic N) is 6. The van der Waals surface area contributed by atoms with Crippen LogP contribution in [-0.2, 0) is 31.5 Å². The van der Waals surface area contributed by atoms with Crippen molar-refractivity contribution >= 4 is 5.91 Å². The van der Waals surface area contributed by atoms with E-state index in [9.17, 15) is 14.4 Å². The summed E-state index contributed by atoms with van der Waals surface area (Å²) in [6, 6.07) is 1.68. The minimum atomic E-state index is -0.667. The smallest absolute Gasteiger partial charge is 0.332 e. The number of aromatic nitrogens is 5. The van der Waals surface area contributed by atoms with E-state index in [1.807, 2.05) is 0 Å². The average Bonchev–Trinajstić information content (AvgIpc) is 3.29. The van der Waals surface area contributed by atoms with E-state index in [4.69, 9.17) is 4.74 Å². The molecule has 5 rings (SSSR count). The largest absolute Gasteiger partial charge is 0.363 e. The molecule has 0 radical (unpaired) electrons. The topological polar surface area (TPSA) is 104 Å². The lowest BCUT2D eigenvalue weighted by Gasteiger charge is -2.35. The van der Waals surface area contributed by atoms with E-state index in [0.717, 1.165) is 12.8 Å². The highest BCUT2D eigenvalue weighted by molar-refractivity contribution is 5.92. The molecule has 2 fully saturated rings. The van der Waals surface area contributed by atoms with Gasteiger partial charge in [0.15, 0.2) is 5.82 Å². The first-order chi connectivity index (χ1) is 14.0. The molecule has 0 bridgehead atoms. The summed E-state index contributed by atoms with van der Waals surface area (Å²) in [7, 11) is 1.73. The van der Waals surface area contributed by atoms with Crippen molar-refractivity contribution in [3.05, 3.63) is 44.5 Å². The number of rotatable bonds is 3. The number of ether oxygens (including phenoxy) is 1. The van der Waals surface area contributed by atoms with Gasteiger partial charge in [-0.05, 0) is 31.2 Å². The quantitative estimate of drug-likeness (QED) is 0.659. The molecule has 1 amide bonds. The van der Waals surface area contributed by atoms with Crippen molar-refractivity contribution in [2.75, 3.05) is 13.1 Å². The number of hydrogen-bond donors (Lipinski definition) is 0. The lowest BCUT2D eigenvalue weighted by molar-refractivity contribution is -0.0844. The number of amides is 1. The lowest BCUT2D eigenvalue weighted by atomic mass is 9.85. The van der Waals surface area contributed by atoms with E-state index < -0.39 is 16.7 Å². The number of carbonyl (C=O) groups is 1. The zero-order valence-corrected chi connectivity index (χ0v) is 16.4. The van der Waals surface area contributed by atoms with Gasteiger partial charge in [-0.15, -0.1) is 0 Å². The molecule has 1 saturated heterocycles. The molecule has 10 heteroatoms. The van der Waals surface area contributed by atoms with Crippen molar-refractivity contribution in [2.24, 2.45) is 13.0 Å². The second-order valence-electron chi connectivity index (χ2n) is 8.38. The molecule has 1 unspecified atom stereocenters. The minimum absolute atomic E-state index is 0.113. The fourth-order valence-electron chi connectivity index (χ4n) is 4.46. The lowest BCUT2D eigenvalue weighted by Crippen LogP contribution is -2.53. The minimum Gasteiger partial charge on any atom is -0.363 e. The second kappa shape index (κ2) is 6.65. The highest BCUT2D eigenvalue weighted by Crippen LogP contribution is 2.32. The second-order valence-corrected chi connectivity index (χ2v) is 8.38. The molecular weight excluding hydrogens is 376 g/mol. The van der Waals surface area contributed by atoms with Crippen LogP contribution >= 0.6 is 0 Å². The van der Waals surface area contributed by atoms with Crippen LogP contribution in [-0.4, -0.2) is 53.6 Å². The Bertz CT molecular complexity index is 1080. The number of carbonyl (C=O) groups excluding carboxylic acids is 1. The van der Waals surface area contributed by atoms with E-state index >= 15 is 0 Å². The first-order valence-corrected chi connectivity index (χ1v) is 10.1. The predicted octanol–water partition coefficient (Wildman–Crippen LogP) is -0.246. The van der Waals surface area contributed by atoms with E-state index in [1.165, 1.54) is 15.7 Å². The highest BCUT2D eigenvalue weighted by Gasteiger charge is 2.45. The van der Waals surface area contributed by atoms with Gasteiger partial charge in [0.2, 0.25) is 0 Å². The molecule has 4 heterocycles. The molecule has 3 aliphatic rings. The molecule has 0 N–H and O–H groups in total. The van der Waals surface area contributed by atoms with Gasteiger partial charge in [-0.1, -0.05) is 6.42 Å². The maximum absolute atomic E-state index is 12.8. The van der Waals surface area contributed by atoms with Crippen LogP contribution in [0.2, 0.25) is 0 Å². The van der Waals surface area contributed by atoms with Crippen LogP contribution in [0.5, 0.6) is 0 Å². The molecule has 2 aromatic heterocycles. The zero-order valence-electron chi connectivity index (χ0n) is 16.4. The molecule has 1 aliphatic carbocycles. The summed E-state index contributed by atoms with van der Waals surface area (Å²) in [5.74, 6) is 0.800. The number of aryl methyl sites for hydroxylation is 1. The van der Waals surface area contributed by atoms with Crippen LogP contribution < -0.4 is 11.1 Å². The summed E-state index contributed by atoms with van der Waals surface area (Å²) < 4.78 is 10.4. The van der Waals surface area contributed by atoms with Crippen molar-refractivity contribution in [1.82, 2.24) is 29.0 Å². The van der Waals surface area contributed by atoms with Gasteiger partial charge in [0.05, 0.1) is 13.1 Å². The first-order valence-electron chi connectivity index (χ1n) is 10.1. The van der Waals surface area contributed by atoms with Crippen molar-refractivity contribution in [3.63, 3.8) is 0 Å². The number of hydrogen-bond acceptors (Lipinski definition) is 6. The zero-order chi connectivity index (χ0) is 20.2.